The number of hydrogen-bond acceptors (Lipinski definition) is 7. The van der Waals surface area contributed by atoms with Gasteiger partial charge in [-0.05, 0) is 47.8 Å². The summed E-state index contributed by atoms with van der Waals surface area (Å²) in [4.78, 5) is 50.0. The molecule has 4 unspecified atom stereocenters. The molecule has 2 aliphatic rings. The van der Waals surface area contributed by atoms with Crippen LogP contribution >= 0.6 is 0 Å². The highest BCUT2D eigenvalue weighted by Gasteiger charge is 2.89. The van der Waals surface area contributed by atoms with Gasteiger partial charge in [-0.2, -0.15) is 26.3 Å². The van der Waals surface area contributed by atoms with Crippen LogP contribution in [0.25, 0.3) is 0 Å². The average Bonchev–Trinajstić information content (AvgIpc) is 3.74. The summed E-state index contributed by atoms with van der Waals surface area (Å²) in [5, 5.41) is 0. The van der Waals surface area contributed by atoms with Gasteiger partial charge in [-0.25, -0.2) is 0 Å². The summed E-state index contributed by atoms with van der Waals surface area (Å²) in [6, 6.07) is 5.42. The molecule has 0 radical (unpaired) electrons. The number of carbonyl (C=O) groups excluding carboxylic acids is 3. The van der Waals surface area contributed by atoms with Gasteiger partial charge < -0.3 is 9.80 Å². The van der Waals surface area contributed by atoms with Crippen molar-refractivity contribution >= 4 is 17.3 Å². The number of Topliss-reactive ketones (excluding diaryl/α,β-unsaturated/α-hetero) is 3. The Morgan fingerprint density at radius 2 is 1.10 bits per heavy atom. The molecule has 0 saturated heterocycles. The highest BCUT2D eigenvalue weighted by Crippen LogP contribution is 2.78. The number of ketones is 3. The van der Waals surface area contributed by atoms with E-state index in [1.165, 1.54) is 74.6 Å². The van der Waals surface area contributed by atoms with Crippen molar-refractivity contribution in [2.24, 2.45) is 22.7 Å². The quantitative estimate of drug-likeness (QED) is 0.278. The fourth-order valence-corrected chi connectivity index (χ4v) is 5.83. The minimum Gasteiger partial charge on any atom is -0.383 e. The first-order valence-electron chi connectivity index (χ1n) is 12.8. The number of allylic oxidation sites excluding steroid dienone is 2. The summed E-state index contributed by atoms with van der Waals surface area (Å²) >= 11 is 0. The van der Waals surface area contributed by atoms with Crippen LogP contribution in [0.1, 0.15) is 33.6 Å². The Kier molecular flexibility index (Phi) is 7.85. The molecule has 0 N–H and O–H groups in total. The Morgan fingerprint density at radius 3 is 1.36 bits per heavy atom. The molecule has 2 heterocycles. The lowest BCUT2D eigenvalue weighted by Gasteiger charge is -2.27. The molecule has 7 nitrogen and oxygen atoms in total. The van der Waals surface area contributed by atoms with Gasteiger partial charge in [-0.1, -0.05) is 0 Å². The SMILES string of the molecule is CN(C)/C=C1\C(CC(=O)c2cccnc2)C1(C(=O)C1(C(F)(F)F)/C(=C/N(C)C)C1CC(=O)c1cccnc1)C(F)(F)F. The van der Waals surface area contributed by atoms with Crippen LogP contribution in [0.3, 0.4) is 0 Å². The van der Waals surface area contributed by atoms with Crippen LogP contribution in [-0.2, 0) is 4.79 Å². The Morgan fingerprint density at radius 1 is 0.738 bits per heavy atom. The summed E-state index contributed by atoms with van der Waals surface area (Å²) in [6.07, 6.45) is -5.83. The molecule has 0 aromatic carbocycles. The molecule has 2 aliphatic carbocycles. The Bertz CT molecular complexity index is 1330. The average molecular weight is 595 g/mol. The van der Waals surface area contributed by atoms with Crippen molar-refractivity contribution in [2.75, 3.05) is 28.2 Å². The van der Waals surface area contributed by atoms with Gasteiger partial charge in [0.15, 0.2) is 28.2 Å². The van der Waals surface area contributed by atoms with E-state index < -0.39 is 76.4 Å². The third-order valence-electron chi connectivity index (χ3n) is 7.69. The lowest BCUT2D eigenvalue weighted by atomic mass is 9.80. The summed E-state index contributed by atoms with van der Waals surface area (Å²) in [6.45, 7) is 0. The second kappa shape index (κ2) is 10.7. The maximum Gasteiger partial charge on any atom is 0.405 e. The normalized spacial score (nSPS) is 27.1. The third kappa shape index (κ3) is 4.98. The van der Waals surface area contributed by atoms with E-state index in [9.17, 15) is 14.4 Å². The molecule has 4 atom stereocenters. The Hall–Kier alpha value is -4.03. The summed E-state index contributed by atoms with van der Waals surface area (Å²) in [7, 11) is 5.45. The van der Waals surface area contributed by atoms with Crippen molar-refractivity contribution in [1.82, 2.24) is 19.8 Å². The van der Waals surface area contributed by atoms with Crippen molar-refractivity contribution < 1.29 is 40.7 Å². The van der Waals surface area contributed by atoms with Crippen molar-refractivity contribution in [3.63, 3.8) is 0 Å². The molecular formula is C29H28F6N4O3. The lowest BCUT2D eigenvalue weighted by Crippen LogP contribution is -2.47. The summed E-state index contributed by atoms with van der Waals surface area (Å²) in [5.74, 6) is -7.50. The predicted molar refractivity (Wildman–Crippen MR) is 139 cm³/mol. The smallest absolute Gasteiger partial charge is 0.383 e. The maximum atomic E-state index is 15.1. The van der Waals surface area contributed by atoms with Crippen molar-refractivity contribution in [2.45, 2.75) is 25.2 Å². The second-order valence-electron chi connectivity index (χ2n) is 10.9. The van der Waals surface area contributed by atoms with Crippen LogP contribution in [0.15, 0.2) is 72.6 Å². The highest BCUT2D eigenvalue weighted by molar-refractivity contribution is 6.08. The number of aromatic nitrogens is 2. The van der Waals surface area contributed by atoms with Crippen LogP contribution in [0.5, 0.6) is 0 Å². The highest BCUT2D eigenvalue weighted by atomic mass is 19.4. The molecule has 2 saturated carbocycles. The largest absolute Gasteiger partial charge is 0.405 e. The number of alkyl halides is 6. The molecule has 224 valence electrons. The van der Waals surface area contributed by atoms with Crippen molar-refractivity contribution in [1.29, 1.82) is 0 Å². The minimum absolute atomic E-state index is 0.0396. The summed E-state index contributed by atoms with van der Waals surface area (Å²) in [5.41, 5.74) is -8.55. The molecule has 0 bridgehead atoms. The van der Waals surface area contributed by atoms with Crippen LogP contribution in [0.2, 0.25) is 0 Å². The van der Waals surface area contributed by atoms with Crippen LogP contribution in [-0.4, -0.2) is 77.7 Å². The van der Waals surface area contributed by atoms with Gasteiger partial charge in [0.05, 0.1) is 0 Å². The summed E-state index contributed by atoms with van der Waals surface area (Å²) < 4.78 is 90.4. The Balaban J connectivity index is 1.86. The monoisotopic (exact) mass is 594 g/mol. The minimum atomic E-state index is -5.48. The van der Waals surface area contributed by atoms with Crippen molar-refractivity contribution in [3.8, 4) is 0 Å². The molecule has 42 heavy (non-hydrogen) atoms. The Labute approximate surface area is 237 Å². The molecule has 13 heteroatoms. The van der Waals surface area contributed by atoms with E-state index in [0.29, 0.717) is 0 Å². The standard InChI is InChI=1S/C29H28F6N4O3/c1-38(2)15-21-19(11-23(40)17-7-5-9-36-13-17)26(21,28(30,31)32)25(42)27(29(33,34)35)20(22(27)16-39(3)4)12-24(41)18-8-6-10-37-14-18/h5-10,13-16,19-20H,11-12H2,1-4H3/b21-15+,22-16+. The second-order valence-corrected chi connectivity index (χ2v) is 10.9. The fourth-order valence-electron chi connectivity index (χ4n) is 5.83. The number of hydrogen-bond donors (Lipinski definition) is 0. The molecule has 4 rings (SSSR count). The van der Waals surface area contributed by atoms with Crippen LogP contribution < -0.4 is 0 Å². The lowest BCUT2D eigenvalue weighted by molar-refractivity contribution is -0.218. The van der Waals surface area contributed by atoms with Crippen molar-refractivity contribution in [3.05, 3.63) is 83.7 Å². The molecule has 0 amide bonds. The van der Waals surface area contributed by atoms with Gasteiger partial charge in [0.25, 0.3) is 0 Å². The van der Waals surface area contributed by atoms with Gasteiger partial charge >= 0.3 is 12.4 Å². The first-order valence-corrected chi connectivity index (χ1v) is 12.8. The van der Waals surface area contributed by atoms with Gasteiger partial charge in [-0.15, -0.1) is 0 Å². The van der Waals surface area contributed by atoms with E-state index in [1.807, 2.05) is 0 Å². The first-order chi connectivity index (χ1) is 19.5. The van der Waals surface area contributed by atoms with E-state index in [1.54, 1.807) is 0 Å². The van der Waals surface area contributed by atoms with Gasteiger partial charge in [0.1, 0.15) is 0 Å². The van der Waals surface area contributed by atoms with Crippen LogP contribution in [0.4, 0.5) is 26.3 Å². The van der Waals surface area contributed by atoms with E-state index in [2.05, 4.69) is 9.97 Å². The molecule has 2 aromatic heterocycles. The molecule has 0 spiro atoms. The molecule has 2 aromatic rings. The molecule has 2 fully saturated rings. The number of rotatable bonds is 10. The molecule has 0 aliphatic heterocycles. The van der Waals surface area contributed by atoms with E-state index in [0.717, 1.165) is 24.8 Å². The van der Waals surface area contributed by atoms with Gasteiger partial charge in [0, 0.05) is 88.8 Å². The predicted octanol–water partition coefficient (Wildman–Crippen LogP) is 5.14. The maximum absolute atomic E-state index is 15.1. The van der Waals surface area contributed by atoms with E-state index >= 15 is 26.3 Å². The number of nitrogens with zero attached hydrogens (tertiary/aromatic N) is 4. The van der Waals surface area contributed by atoms with Gasteiger partial charge in [0.2, 0.25) is 0 Å². The first kappa shape index (κ1) is 30.9. The van der Waals surface area contributed by atoms with E-state index in [4.69, 9.17) is 0 Å². The zero-order valence-electron chi connectivity index (χ0n) is 23.1. The topological polar surface area (TPSA) is 83.5 Å². The van der Waals surface area contributed by atoms with Crippen LogP contribution in [0, 0.1) is 22.7 Å². The molecular weight excluding hydrogens is 566 g/mol. The van der Waals surface area contributed by atoms with Gasteiger partial charge in [-0.3, -0.25) is 24.4 Å². The number of halogens is 6. The zero-order chi connectivity index (χ0) is 31.3. The fraction of sp³-hybridized carbons (Fsp3) is 0.414. The zero-order valence-corrected chi connectivity index (χ0v) is 23.1. The van der Waals surface area contributed by atoms with E-state index in [-0.39, 0.29) is 11.1 Å². The number of pyridine rings is 2. The third-order valence-corrected chi connectivity index (χ3v) is 7.69. The number of carbonyl (C=O) groups is 3.